The summed E-state index contributed by atoms with van der Waals surface area (Å²) in [6.45, 7) is 0. The zero-order chi connectivity index (χ0) is 7.84. The van der Waals surface area contributed by atoms with Crippen molar-refractivity contribution in [2.75, 3.05) is 0 Å². The molecule has 2 rings (SSSR count). The van der Waals surface area contributed by atoms with Gasteiger partial charge in [0, 0.05) is 12.1 Å². The largest absolute Gasteiger partial charge is 0.481 e. The maximum Gasteiger partial charge on any atom is 0.306 e. The molecule has 0 radical (unpaired) electrons. The number of piperidine rings is 1. The van der Waals surface area contributed by atoms with Gasteiger partial charge in [0.15, 0.2) is 0 Å². The SMILES string of the molecule is O=C(O)C1C[C@H]2CC[C@H](C1)N2. The highest BCUT2D eigenvalue weighted by atomic mass is 16.4. The third-order valence-corrected chi connectivity index (χ3v) is 2.82. The Morgan fingerprint density at radius 3 is 2.27 bits per heavy atom. The second kappa shape index (κ2) is 2.48. The third kappa shape index (κ3) is 1.25. The van der Waals surface area contributed by atoms with Crippen LogP contribution in [0, 0.1) is 5.92 Å². The molecule has 2 aliphatic heterocycles. The van der Waals surface area contributed by atoms with E-state index in [1.165, 1.54) is 12.8 Å². The van der Waals surface area contributed by atoms with Crippen LogP contribution in [0.25, 0.3) is 0 Å². The normalized spacial score (nSPS) is 42.4. The predicted molar refractivity (Wildman–Crippen MR) is 40.3 cm³/mol. The van der Waals surface area contributed by atoms with Gasteiger partial charge in [0.2, 0.25) is 0 Å². The van der Waals surface area contributed by atoms with Crippen LogP contribution in [0.1, 0.15) is 25.7 Å². The van der Waals surface area contributed by atoms with Crippen molar-refractivity contribution >= 4 is 5.97 Å². The molecule has 0 amide bonds. The number of carboxylic acid groups (broad SMARTS) is 1. The molecule has 11 heavy (non-hydrogen) atoms. The van der Waals surface area contributed by atoms with E-state index in [-0.39, 0.29) is 5.92 Å². The van der Waals surface area contributed by atoms with Crippen molar-refractivity contribution in [2.45, 2.75) is 37.8 Å². The fraction of sp³-hybridized carbons (Fsp3) is 0.875. The second-order valence-electron chi connectivity index (χ2n) is 3.64. The molecule has 0 spiro atoms. The Kier molecular flexibility index (Phi) is 1.60. The van der Waals surface area contributed by atoms with Crippen molar-refractivity contribution in [1.29, 1.82) is 0 Å². The first-order valence-corrected chi connectivity index (χ1v) is 4.24. The lowest BCUT2D eigenvalue weighted by Crippen LogP contribution is -2.40. The topological polar surface area (TPSA) is 49.3 Å². The summed E-state index contributed by atoms with van der Waals surface area (Å²) in [6.07, 6.45) is 4.03. The number of carboxylic acids is 1. The Hall–Kier alpha value is -0.570. The first-order valence-electron chi connectivity index (χ1n) is 4.24. The number of hydrogen-bond acceptors (Lipinski definition) is 2. The van der Waals surface area contributed by atoms with Gasteiger partial charge in [-0.05, 0) is 25.7 Å². The standard InChI is InChI=1S/C8H13NO2/c10-8(11)5-3-6-1-2-7(4-5)9-6/h5-7,9H,1-4H2,(H,10,11)/t6-,7-/m1/s1. The molecule has 0 unspecified atom stereocenters. The summed E-state index contributed by atoms with van der Waals surface area (Å²) in [7, 11) is 0. The van der Waals surface area contributed by atoms with E-state index in [1.54, 1.807) is 0 Å². The average molecular weight is 155 g/mol. The van der Waals surface area contributed by atoms with E-state index in [1.807, 2.05) is 0 Å². The van der Waals surface area contributed by atoms with Crippen molar-refractivity contribution in [3.05, 3.63) is 0 Å². The summed E-state index contributed by atoms with van der Waals surface area (Å²) in [5, 5.41) is 12.2. The maximum atomic E-state index is 10.6. The molecule has 0 aromatic rings. The molecule has 0 saturated carbocycles. The Morgan fingerprint density at radius 2 is 1.82 bits per heavy atom. The van der Waals surface area contributed by atoms with Crippen molar-refractivity contribution in [3.8, 4) is 0 Å². The first-order chi connectivity index (χ1) is 5.25. The van der Waals surface area contributed by atoms with E-state index >= 15 is 0 Å². The zero-order valence-electron chi connectivity index (χ0n) is 6.42. The van der Waals surface area contributed by atoms with Crippen molar-refractivity contribution in [2.24, 2.45) is 5.92 Å². The van der Waals surface area contributed by atoms with Gasteiger partial charge in [-0.15, -0.1) is 0 Å². The fourth-order valence-corrected chi connectivity index (χ4v) is 2.26. The second-order valence-corrected chi connectivity index (χ2v) is 3.64. The molecule has 2 saturated heterocycles. The number of carbonyl (C=O) groups is 1. The molecule has 2 aliphatic rings. The number of rotatable bonds is 1. The number of nitrogens with one attached hydrogen (secondary N) is 1. The number of hydrogen-bond donors (Lipinski definition) is 2. The highest BCUT2D eigenvalue weighted by Crippen LogP contribution is 2.30. The maximum absolute atomic E-state index is 10.6. The van der Waals surface area contributed by atoms with Gasteiger partial charge in [-0.1, -0.05) is 0 Å². The van der Waals surface area contributed by atoms with E-state index in [4.69, 9.17) is 5.11 Å². The molecule has 2 heterocycles. The van der Waals surface area contributed by atoms with Crippen LogP contribution in [0.2, 0.25) is 0 Å². The van der Waals surface area contributed by atoms with E-state index in [0.29, 0.717) is 12.1 Å². The van der Waals surface area contributed by atoms with Crippen LogP contribution in [0.3, 0.4) is 0 Å². The van der Waals surface area contributed by atoms with Gasteiger partial charge in [-0.2, -0.15) is 0 Å². The van der Waals surface area contributed by atoms with Gasteiger partial charge in [0.25, 0.3) is 0 Å². The fourth-order valence-electron chi connectivity index (χ4n) is 2.26. The van der Waals surface area contributed by atoms with Crippen molar-refractivity contribution in [1.82, 2.24) is 5.32 Å². The summed E-state index contributed by atoms with van der Waals surface area (Å²) in [4.78, 5) is 10.6. The minimum atomic E-state index is -0.608. The Bertz CT molecular complexity index is 169. The molecule has 3 heteroatoms. The quantitative estimate of drug-likeness (QED) is 0.583. The minimum Gasteiger partial charge on any atom is -0.481 e. The molecule has 3 nitrogen and oxygen atoms in total. The van der Waals surface area contributed by atoms with Crippen LogP contribution < -0.4 is 5.32 Å². The van der Waals surface area contributed by atoms with Gasteiger partial charge in [0.1, 0.15) is 0 Å². The van der Waals surface area contributed by atoms with Crippen LogP contribution in [-0.2, 0) is 4.79 Å². The Labute approximate surface area is 65.8 Å². The molecule has 2 N–H and O–H groups in total. The molecule has 0 aromatic heterocycles. The zero-order valence-corrected chi connectivity index (χ0v) is 6.42. The highest BCUT2D eigenvalue weighted by Gasteiger charge is 2.36. The van der Waals surface area contributed by atoms with Gasteiger partial charge in [-0.25, -0.2) is 0 Å². The molecular formula is C8H13NO2. The van der Waals surface area contributed by atoms with E-state index in [9.17, 15) is 4.79 Å². The summed E-state index contributed by atoms with van der Waals surface area (Å²) in [6, 6.07) is 0.990. The summed E-state index contributed by atoms with van der Waals surface area (Å²) in [5.41, 5.74) is 0. The highest BCUT2D eigenvalue weighted by molar-refractivity contribution is 5.70. The smallest absolute Gasteiger partial charge is 0.306 e. The first kappa shape index (κ1) is 7.10. The van der Waals surface area contributed by atoms with Crippen LogP contribution in [0.5, 0.6) is 0 Å². The van der Waals surface area contributed by atoms with Gasteiger partial charge >= 0.3 is 5.97 Å². The molecule has 0 aliphatic carbocycles. The molecule has 0 aromatic carbocycles. The van der Waals surface area contributed by atoms with Crippen molar-refractivity contribution in [3.63, 3.8) is 0 Å². The van der Waals surface area contributed by atoms with Crippen LogP contribution >= 0.6 is 0 Å². The average Bonchev–Trinajstić information content (AvgIpc) is 2.30. The van der Waals surface area contributed by atoms with E-state index in [0.717, 1.165) is 12.8 Å². The molecule has 2 fully saturated rings. The van der Waals surface area contributed by atoms with Gasteiger partial charge in [0.05, 0.1) is 5.92 Å². The van der Waals surface area contributed by atoms with Crippen molar-refractivity contribution < 1.29 is 9.90 Å². The van der Waals surface area contributed by atoms with E-state index in [2.05, 4.69) is 5.32 Å². The number of aliphatic carboxylic acids is 1. The van der Waals surface area contributed by atoms with Crippen LogP contribution in [-0.4, -0.2) is 23.2 Å². The molecule has 62 valence electrons. The Balaban J connectivity index is 2.02. The monoisotopic (exact) mass is 155 g/mol. The van der Waals surface area contributed by atoms with E-state index < -0.39 is 5.97 Å². The minimum absolute atomic E-state index is 0.0752. The van der Waals surface area contributed by atoms with Gasteiger partial charge < -0.3 is 10.4 Å². The lowest BCUT2D eigenvalue weighted by Gasteiger charge is -2.25. The summed E-state index contributed by atoms with van der Waals surface area (Å²) < 4.78 is 0. The lowest BCUT2D eigenvalue weighted by molar-refractivity contribution is -0.143. The third-order valence-electron chi connectivity index (χ3n) is 2.82. The summed E-state index contributed by atoms with van der Waals surface area (Å²) in [5.74, 6) is -0.683. The number of fused-ring (bicyclic) bond motifs is 2. The molecular weight excluding hydrogens is 142 g/mol. The molecule has 2 atom stereocenters. The van der Waals surface area contributed by atoms with Crippen LogP contribution in [0.15, 0.2) is 0 Å². The van der Waals surface area contributed by atoms with Crippen LogP contribution in [0.4, 0.5) is 0 Å². The predicted octanol–water partition coefficient (Wildman–Crippen LogP) is 0.602. The summed E-state index contributed by atoms with van der Waals surface area (Å²) >= 11 is 0. The Morgan fingerprint density at radius 1 is 1.27 bits per heavy atom. The lowest BCUT2D eigenvalue weighted by atomic mass is 9.93. The molecule has 2 bridgehead atoms. The van der Waals surface area contributed by atoms with Gasteiger partial charge in [-0.3, -0.25) is 4.79 Å².